The fraction of sp³-hybridized carbons (Fsp3) is 0.281. The average molecular weight is 550 g/mol. The molecule has 2 N–H and O–H groups in total. The molecule has 0 saturated heterocycles. The molecule has 0 unspecified atom stereocenters. The van der Waals surface area contributed by atoms with Gasteiger partial charge in [0.05, 0.1) is 5.69 Å². The summed E-state index contributed by atoms with van der Waals surface area (Å²) in [6, 6.07) is 18.8. The number of nitrogens with zero attached hydrogens (tertiary/aromatic N) is 5. The summed E-state index contributed by atoms with van der Waals surface area (Å²) in [6.45, 7) is 4.02. The van der Waals surface area contributed by atoms with Gasteiger partial charge in [-0.3, -0.25) is 14.6 Å². The highest BCUT2D eigenvalue weighted by molar-refractivity contribution is 6.04. The molecule has 41 heavy (non-hydrogen) atoms. The monoisotopic (exact) mass is 549 g/mol. The molecule has 1 aliphatic carbocycles. The summed E-state index contributed by atoms with van der Waals surface area (Å²) in [5.74, 6) is 0.646. The summed E-state index contributed by atoms with van der Waals surface area (Å²) in [6.07, 6.45) is 7.15. The van der Waals surface area contributed by atoms with Gasteiger partial charge in [0.15, 0.2) is 0 Å². The van der Waals surface area contributed by atoms with Crippen molar-refractivity contribution in [2.24, 2.45) is 5.92 Å². The summed E-state index contributed by atoms with van der Waals surface area (Å²) < 4.78 is 0. The van der Waals surface area contributed by atoms with Crippen LogP contribution >= 0.6 is 0 Å². The van der Waals surface area contributed by atoms with Crippen molar-refractivity contribution < 1.29 is 9.59 Å². The lowest BCUT2D eigenvalue weighted by Crippen LogP contribution is -2.37. The first-order valence-corrected chi connectivity index (χ1v) is 13.8. The topological polar surface area (TPSA) is 103 Å². The van der Waals surface area contributed by atoms with E-state index in [-0.39, 0.29) is 17.7 Å². The minimum absolute atomic E-state index is 0.174. The van der Waals surface area contributed by atoms with Gasteiger partial charge in [-0.15, -0.1) is 0 Å². The number of benzene rings is 2. The Kier molecular flexibility index (Phi) is 8.64. The largest absolute Gasteiger partial charge is 0.337 e. The van der Waals surface area contributed by atoms with Crippen molar-refractivity contribution >= 4 is 29.1 Å². The van der Waals surface area contributed by atoms with E-state index in [1.54, 1.807) is 18.6 Å². The first-order valence-electron chi connectivity index (χ1n) is 13.8. The normalized spacial score (nSPS) is 12.7. The molecule has 0 aliphatic heterocycles. The van der Waals surface area contributed by atoms with Crippen LogP contribution in [0.3, 0.4) is 0 Å². The summed E-state index contributed by atoms with van der Waals surface area (Å²) in [7, 11) is 4.02. The van der Waals surface area contributed by atoms with Crippen LogP contribution in [0.4, 0.5) is 17.3 Å². The number of carbonyl (C=O) groups excluding carboxylic acids is 2. The van der Waals surface area contributed by atoms with Gasteiger partial charge in [-0.05, 0) is 87.5 Å². The second-order valence-corrected chi connectivity index (χ2v) is 10.7. The number of aryl methyl sites for hydroxylation is 1. The minimum Gasteiger partial charge on any atom is -0.337 e. The molecule has 9 heteroatoms. The maximum atomic E-state index is 13.1. The van der Waals surface area contributed by atoms with E-state index in [4.69, 9.17) is 0 Å². The number of nitrogens with one attached hydrogen (secondary N) is 2. The number of anilines is 3. The van der Waals surface area contributed by atoms with Gasteiger partial charge < -0.3 is 20.4 Å². The molecule has 2 heterocycles. The molecule has 1 aliphatic rings. The number of hydrogen-bond donors (Lipinski definition) is 2. The van der Waals surface area contributed by atoms with Crippen LogP contribution in [0.5, 0.6) is 0 Å². The number of amides is 2. The van der Waals surface area contributed by atoms with Crippen molar-refractivity contribution in [3.8, 4) is 11.3 Å². The van der Waals surface area contributed by atoms with Crippen LogP contribution < -0.4 is 10.6 Å². The molecule has 0 bridgehead atoms. The number of rotatable bonds is 11. The third-order valence-electron chi connectivity index (χ3n) is 7.00. The minimum atomic E-state index is -0.209. The number of likely N-dealkylation sites (N-methyl/N-ethyl adjacent to an activating group) is 1. The van der Waals surface area contributed by atoms with E-state index >= 15 is 0 Å². The molecule has 2 aromatic carbocycles. The zero-order chi connectivity index (χ0) is 28.8. The van der Waals surface area contributed by atoms with Crippen molar-refractivity contribution in [1.82, 2.24) is 24.8 Å². The molecular formula is C32H35N7O2. The highest BCUT2D eigenvalue weighted by atomic mass is 16.2. The average Bonchev–Trinajstić information content (AvgIpc) is 3.83. The molecule has 2 aromatic heterocycles. The van der Waals surface area contributed by atoms with Gasteiger partial charge in [0.2, 0.25) is 11.9 Å². The fourth-order valence-corrected chi connectivity index (χ4v) is 4.41. The number of carbonyl (C=O) groups is 2. The molecule has 4 aromatic rings. The van der Waals surface area contributed by atoms with Crippen molar-refractivity contribution in [2.75, 3.05) is 37.8 Å². The molecule has 5 rings (SSSR count). The lowest BCUT2D eigenvalue weighted by atomic mass is 10.1. The maximum absolute atomic E-state index is 13.1. The second kappa shape index (κ2) is 12.7. The number of pyridine rings is 1. The van der Waals surface area contributed by atoms with E-state index in [9.17, 15) is 9.59 Å². The molecule has 0 radical (unpaired) electrons. The van der Waals surface area contributed by atoms with Crippen LogP contribution in [-0.2, 0) is 11.3 Å². The Labute approximate surface area is 240 Å². The molecule has 1 fully saturated rings. The van der Waals surface area contributed by atoms with Crippen molar-refractivity contribution in [2.45, 2.75) is 26.3 Å². The predicted octanol–water partition coefficient (Wildman–Crippen LogP) is 5.14. The van der Waals surface area contributed by atoms with Crippen molar-refractivity contribution in [1.29, 1.82) is 0 Å². The molecule has 210 valence electrons. The van der Waals surface area contributed by atoms with Crippen LogP contribution in [0.1, 0.15) is 34.3 Å². The smallest absolute Gasteiger partial charge is 0.255 e. The van der Waals surface area contributed by atoms with Gasteiger partial charge in [-0.1, -0.05) is 18.2 Å². The first kappa shape index (κ1) is 27.9. The second-order valence-electron chi connectivity index (χ2n) is 10.7. The Morgan fingerprint density at radius 2 is 1.78 bits per heavy atom. The maximum Gasteiger partial charge on any atom is 0.255 e. The summed E-state index contributed by atoms with van der Waals surface area (Å²) in [4.78, 5) is 43.0. The standard InChI is InChI=1S/C32H35N7O2/c1-22-6-13-27(19-29(22)37-32-34-16-14-28(36-32)26-5-4-15-33-20-26)35-30(40)24-9-7-23(8-10-24)21-39(18-17-38(2)3)31(41)25-11-12-25/h4-10,13-16,19-20,25H,11-12,17-18,21H2,1-3H3,(H,35,40)(H,34,36,37). The van der Waals surface area contributed by atoms with Gasteiger partial charge >= 0.3 is 0 Å². The first-order chi connectivity index (χ1) is 19.9. The zero-order valence-corrected chi connectivity index (χ0v) is 23.7. The van der Waals surface area contributed by atoms with Gasteiger partial charge in [-0.25, -0.2) is 9.97 Å². The van der Waals surface area contributed by atoms with Gasteiger partial charge in [0.1, 0.15) is 0 Å². The summed E-state index contributed by atoms with van der Waals surface area (Å²) >= 11 is 0. The Balaban J connectivity index is 1.23. The van der Waals surface area contributed by atoms with Gasteiger partial charge in [-0.2, -0.15) is 0 Å². The molecule has 1 saturated carbocycles. The quantitative estimate of drug-likeness (QED) is 0.267. The number of hydrogen-bond acceptors (Lipinski definition) is 7. The van der Waals surface area contributed by atoms with Crippen molar-refractivity contribution in [3.63, 3.8) is 0 Å². The predicted molar refractivity (Wildman–Crippen MR) is 161 cm³/mol. The van der Waals surface area contributed by atoms with E-state index in [0.29, 0.717) is 30.3 Å². The molecular weight excluding hydrogens is 514 g/mol. The van der Waals surface area contributed by atoms with E-state index in [2.05, 4.69) is 30.5 Å². The van der Waals surface area contributed by atoms with Crippen LogP contribution in [0.15, 0.2) is 79.3 Å². The van der Waals surface area contributed by atoms with Crippen LogP contribution in [0.25, 0.3) is 11.3 Å². The highest BCUT2D eigenvalue weighted by Gasteiger charge is 2.33. The van der Waals surface area contributed by atoms with Crippen LogP contribution in [0.2, 0.25) is 0 Å². The summed E-state index contributed by atoms with van der Waals surface area (Å²) in [5, 5.41) is 6.26. The van der Waals surface area contributed by atoms with Crippen molar-refractivity contribution in [3.05, 3.63) is 95.9 Å². The van der Waals surface area contributed by atoms with E-state index in [1.807, 2.05) is 86.6 Å². The third-order valence-corrected chi connectivity index (χ3v) is 7.00. The number of aromatic nitrogens is 3. The van der Waals surface area contributed by atoms with Crippen LogP contribution in [0, 0.1) is 12.8 Å². The Hall–Kier alpha value is -4.63. The fourth-order valence-electron chi connectivity index (χ4n) is 4.41. The zero-order valence-electron chi connectivity index (χ0n) is 23.7. The molecule has 0 spiro atoms. The van der Waals surface area contributed by atoms with E-state index < -0.39 is 0 Å². The Bertz CT molecular complexity index is 1500. The SMILES string of the molecule is Cc1ccc(NC(=O)c2ccc(CN(CCN(C)C)C(=O)C3CC3)cc2)cc1Nc1nccc(-c2cccnc2)n1. The lowest BCUT2D eigenvalue weighted by molar-refractivity contribution is -0.133. The van der Waals surface area contributed by atoms with Crippen LogP contribution in [-0.4, -0.2) is 63.8 Å². The van der Waals surface area contributed by atoms with Gasteiger partial charge in [0, 0.05) is 66.6 Å². The Morgan fingerprint density at radius 1 is 0.976 bits per heavy atom. The highest BCUT2D eigenvalue weighted by Crippen LogP contribution is 2.31. The molecule has 2 amide bonds. The third kappa shape index (κ3) is 7.52. The van der Waals surface area contributed by atoms with E-state index in [0.717, 1.165) is 47.5 Å². The lowest BCUT2D eigenvalue weighted by Gasteiger charge is -2.24. The Morgan fingerprint density at radius 3 is 2.49 bits per heavy atom. The molecule has 0 atom stereocenters. The molecule has 9 nitrogen and oxygen atoms in total. The summed E-state index contributed by atoms with van der Waals surface area (Å²) in [5.41, 5.74) is 5.65. The van der Waals surface area contributed by atoms with Gasteiger partial charge in [0.25, 0.3) is 5.91 Å². The van der Waals surface area contributed by atoms with E-state index in [1.165, 1.54) is 0 Å².